The summed E-state index contributed by atoms with van der Waals surface area (Å²) in [5, 5.41) is 0.689. The van der Waals surface area contributed by atoms with Gasteiger partial charge in [-0.3, -0.25) is 14.5 Å². The lowest BCUT2D eigenvalue weighted by atomic mass is 10.2. The molecule has 0 aromatic heterocycles. The highest BCUT2D eigenvalue weighted by molar-refractivity contribution is 8.26. The molecule has 0 atom stereocenters. The van der Waals surface area contributed by atoms with E-state index in [-0.39, 0.29) is 24.8 Å². The summed E-state index contributed by atoms with van der Waals surface area (Å²) in [7, 11) is 1.31. The largest absolute Gasteiger partial charge is 0.489 e. The average molecular weight is 448 g/mol. The van der Waals surface area contributed by atoms with Gasteiger partial charge < -0.3 is 9.47 Å². The van der Waals surface area contributed by atoms with Gasteiger partial charge in [0.2, 0.25) is 0 Å². The lowest BCUT2D eigenvalue weighted by Gasteiger charge is -2.12. The molecule has 3 rings (SSSR count). The van der Waals surface area contributed by atoms with Crippen LogP contribution in [0.1, 0.15) is 17.5 Å². The summed E-state index contributed by atoms with van der Waals surface area (Å²) in [6.45, 7) is 0.654. The first-order valence-electron chi connectivity index (χ1n) is 8.76. The van der Waals surface area contributed by atoms with Gasteiger partial charge in [0.25, 0.3) is 5.91 Å². The van der Waals surface area contributed by atoms with Crippen molar-refractivity contribution >= 4 is 57.9 Å². The van der Waals surface area contributed by atoms with Crippen LogP contribution in [0.15, 0.2) is 53.4 Å². The molecule has 5 nitrogen and oxygen atoms in total. The van der Waals surface area contributed by atoms with Crippen LogP contribution in [-0.2, 0) is 20.9 Å². The van der Waals surface area contributed by atoms with Crippen LogP contribution in [0.25, 0.3) is 6.08 Å². The molecule has 1 saturated heterocycles. The molecule has 2 aromatic carbocycles. The van der Waals surface area contributed by atoms with E-state index in [1.54, 1.807) is 6.08 Å². The quantitative estimate of drug-likeness (QED) is 0.349. The number of thioether (sulfide) groups is 1. The number of halogens is 1. The van der Waals surface area contributed by atoms with Gasteiger partial charge in [0, 0.05) is 11.6 Å². The second-order valence-corrected chi connectivity index (χ2v) is 8.26. The zero-order chi connectivity index (χ0) is 20.8. The number of esters is 1. The number of nitrogens with zero attached hydrogens (tertiary/aromatic N) is 1. The topological polar surface area (TPSA) is 55.8 Å². The SMILES string of the molecule is COC(=O)CCN1C(=O)/C(=C/c2ccc(OCc3ccc(Cl)cc3)cc2)SC1=S. The van der Waals surface area contributed by atoms with Gasteiger partial charge in [-0.2, -0.15) is 0 Å². The highest BCUT2D eigenvalue weighted by Gasteiger charge is 2.32. The number of ether oxygens (including phenoxy) is 2. The summed E-state index contributed by atoms with van der Waals surface area (Å²) in [5.41, 5.74) is 1.88. The minimum Gasteiger partial charge on any atom is -0.489 e. The molecule has 0 bridgehead atoms. The standard InChI is InChI=1S/C21H18ClNO4S2/c1-26-19(24)10-11-23-20(25)18(29-21(23)28)12-14-4-8-17(9-5-14)27-13-15-2-6-16(22)7-3-15/h2-9,12H,10-11,13H2,1H3/b18-12-. The molecule has 0 saturated carbocycles. The molecule has 1 fully saturated rings. The molecule has 29 heavy (non-hydrogen) atoms. The van der Waals surface area contributed by atoms with Gasteiger partial charge >= 0.3 is 5.97 Å². The Labute approximate surface area is 183 Å². The van der Waals surface area contributed by atoms with Crippen molar-refractivity contribution in [3.63, 3.8) is 0 Å². The van der Waals surface area contributed by atoms with E-state index in [1.807, 2.05) is 48.5 Å². The minimum atomic E-state index is -0.378. The maximum absolute atomic E-state index is 12.5. The van der Waals surface area contributed by atoms with E-state index < -0.39 is 0 Å². The third-order valence-corrected chi connectivity index (χ3v) is 5.77. The van der Waals surface area contributed by atoms with Crippen LogP contribution < -0.4 is 4.74 Å². The average Bonchev–Trinajstić information content (AvgIpc) is 2.99. The number of thiocarbonyl (C=S) groups is 1. The molecule has 0 unspecified atom stereocenters. The van der Waals surface area contributed by atoms with Crippen LogP contribution in [-0.4, -0.2) is 34.8 Å². The Bertz CT molecular complexity index is 942. The summed E-state index contributed by atoms with van der Waals surface area (Å²) >= 11 is 12.4. The first-order chi connectivity index (χ1) is 14.0. The molecular weight excluding hydrogens is 430 g/mol. The number of benzene rings is 2. The molecule has 0 radical (unpaired) electrons. The number of hydrogen-bond acceptors (Lipinski definition) is 6. The maximum Gasteiger partial charge on any atom is 0.307 e. The molecule has 150 valence electrons. The number of hydrogen-bond donors (Lipinski definition) is 0. The van der Waals surface area contributed by atoms with Crippen LogP contribution in [0.3, 0.4) is 0 Å². The van der Waals surface area contributed by atoms with Crippen LogP contribution in [0, 0.1) is 0 Å². The van der Waals surface area contributed by atoms with Crippen LogP contribution in [0.2, 0.25) is 5.02 Å². The zero-order valence-electron chi connectivity index (χ0n) is 15.6. The second-order valence-electron chi connectivity index (χ2n) is 6.14. The van der Waals surface area contributed by atoms with Crippen LogP contribution in [0.4, 0.5) is 0 Å². The Morgan fingerprint density at radius 3 is 2.52 bits per heavy atom. The summed E-state index contributed by atoms with van der Waals surface area (Å²) in [4.78, 5) is 25.8. The Balaban J connectivity index is 1.60. The van der Waals surface area contributed by atoms with Crippen molar-refractivity contribution in [3.05, 3.63) is 69.6 Å². The number of amides is 1. The molecule has 0 N–H and O–H groups in total. The fraction of sp³-hybridized carbons (Fsp3) is 0.190. The minimum absolute atomic E-state index is 0.107. The lowest BCUT2D eigenvalue weighted by molar-refractivity contribution is -0.140. The molecule has 8 heteroatoms. The van der Waals surface area contributed by atoms with Gasteiger partial charge in [-0.1, -0.05) is 59.8 Å². The Morgan fingerprint density at radius 1 is 1.17 bits per heavy atom. The normalized spacial score (nSPS) is 15.1. The lowest BCUT2D eigenvalue weighted by Crippen LogP contribution is -2.30. The van der Waals surface area contributed by atoms with Crippen LogP contribution in [0.5, 0.6) is 5.75 Å². The highest BCUT2D eigenvalue weighted by atomic mass is 35.5. The zero-order valence-corrected chi connectivity index (χ0v) is 18.0. The van der Waals surface area contributed by atoms with Crippen molar-refractivity contribution in [1.82, 2.24) is 4.90 Å². The number of carbonyl (C=O) groups excluding carboxylic acids is 2. The van der Waals surface area contributed by atoms with Crippen molar-refractivity contribution in [3.8, 4) is 5.75 Å². The van der Waals surface area contributed by atoms with E-state index in [0.29, 0.717) is 20.9 Å². The number of methoxy groups -OCH3 is 1. The highest BCUT2D eigenvalue weighted by Crippen LogP contribution is 2.32. The number of rotatable bonds is 7. The summed E-state index contributed by atoms with van der Waals surface area (Å²) in [6, 6.07) is 14.9. The molecule has 1 aliphatic heterocycles. The first kappa shape index (κ1) is 21.4. The van der Waals surface area contributed by atoms with E-state index in [0.717, 1.165) is 16.9 Å². The summed E-state index contributed by atoms with van der Waals surface area (Å²) < 4.78 is 10.8. The predicted molar refractivity (Wildman–Crippen MR) is 119 cm³/mol. The van der Waals surface area contributed by atoms with E-state index in [4.69, 9.17) is 28.6 Å². The van der Waals surface area contributed by atoms with Gasteiger partial charge in [-0.25, -0.2) is 0 Å². The summed E-state index contributed by atoms with van der Waals surface area (Å²) in [5.74, 6) is 0.145. The fourth-order valence-electron chi connectivity index (χ4n) is 2.56. The van der Waals surface area contributed by atoms with E-state index >= 15 is 0 Å². The Kier molecular flexibility index (Phi) is 7.30. The Hall–Kier alpha value is -2.35. The molecule has 0 aliphatic carbocycles. The van der Waals surface area contributed by atoms with Crippen LogP contribution >= 0.6 is 35.6 Å². The summed E-state index contributed by atoms with van der Waals surface area (Å²) in [6.07, 6.45) is 1.89. The molecule has 2 aromatic rings. The fourth-order valence-corrected chi connectivity index (χ4v) is 3.99. The van der Waals surface area contributed by atoms with Gasteiger partial charge in [0.15, 0.2) is 0 Å². The molecule has 0 spiro atoms. The first-order valence-corrected chi connectivity index (χ1v) is 10.4. The van der Waals surface area contributed by atoms with Crippen molar-refractivity contribution in [1.29, 1.82) is 0 Å². The van der Waals surface area contributed by atoms with E-state index in [9.17, 15) is 9.59 Å². The van der Waals surface area contributed by atoms with Crippen molar-refractivity contribution < 1.29 is 19.1 Å². The van der Waals surface area contributed by atoms with Crippen molar-refractivity contribution in [2.45, 2.75) is 13.0 Å². The monoisotopic (exact) mass is 447 g/mol. The third kappa shape index (κ3) is 5.82. The number of carbonyl (C=O) groups is 2. The second kappa shape index (κ2) is 9.91. The van der Waals surface area contributed by atoms with Gasteiger partial charge in [0.05, 0.1) is 18.4 Å². The van der Waals surface area contributed by atoms with Gasteiger partial charge in [-0.15, -0.1) is 0 Å². The van der Waals surface area contributed by atoms with E-state index in [1.165, 1.54) is 23.8 Å². The molecular formula is C21H18ClNO4S2. The smallest absolute Gasteiger partial charge is 0.307 e. The van der Waals surface area contributed by atoms with Gasteiger partial charge in [-0.05, 0) is 41.5 Å². The van der Waals surface area contributed by atoms with Gasteiger partial charge in [0.1, 0.15) is 16.7 Å². The Morgan fingerprint density at radius 2 is 1.86 bits per heavy atom. The molecule has 1 aliphatic rings. The van der Waals surface area contributed by atoms with Crippen molar-refractivity contribution in [2.75, 3.05) is 13.7 Å². The van der Waals surface area contributed by atoms with E-state index in [2.05, 4.69) is 4.74 Å². The molecule has 1 heterocycles. The predicted octanol–water partition coefficient (Wildman–Crippen LogP) is 4.68. The maximum atomic E-state index is 12.5. The van der Waals surface area contributed by atoms with Crippen molar-refractivity contribution in [2.24, 2.45) is 0 Å². The molecule has 1 amide bonds. The third-order valence-electron chi connectivity index (χ3n) is 4.14.